The van der Waals surface area contributed by atoms with Crippen LogP contribution in [0.1, 0.15) is 11.4 Å². The molecule has 0 bridgehead atoms. The first-order chi connectivity index (χ1) is 8.16. The number of benzene rings is 1. The van der Waals surface area contributed by atoms with Crippen LogP contribution in [0, 0.1) is 0 Å². The predicted molar refractivity (Wildman–Crippen MR) is 72.9 cm³/mol. The van der Waals surface area contributed by atoms with Crippen molar-refractivity contribution in [3.63, 3.8) is 0 Å². The van der Waals surface area contributed by atoms with Gasteiger partial charge in [0, 0.05) is 35.5 Å². The molecule has 3 nitrogen and oxygen atoms in total. The third-order valence-corrected chi connectivity index (χ3v) is 3.54. The van der Waals surface area contributed by atoms with Gasteiger partial charge < -0.3 is 9.88 Å². The van der Waals surface area contributed by atoms with Gasteiger partial charge in [-0.2, -0.15) is 0 Å². The lowest BCUT2D eigenvalue weighted by atomic mass is 10.2. The molecule has 0 saturated heterocycles. The summed E-state index contributed by atoms with van der Waals surface area (Å²) in [6.45, 7) is 1.50. The van der Waals surface area contributed by atoms with Gasteiger partial charge in [0.05, 0.1) is 6.54 Å². The third kappa shape index (κ3) is 3.31. The lowest BCUT2D eigenvalue weighted by molar-refractivity contribution is 0.638. The fourth-order valence-corrected chi connectivity index (χ4v) is 2.14. The Labute approximate surface area is 114 Å². The number of aryl methyl sites for hydroxylation is 1. The van der Waals surface area contributed by atoms with Gasteiger partial charge in [-0.3, -0.25) is 0 Å². The van der Waals surface area contributed by atoms with Crippen LogP contribution in [0.5, 0.6) is 0 Å². The highest BCUT2D eigenvalue weighted by molar-refractivity contribution is 9.10. The Bertz CT molecular complexity index is 510. The van der Waals surface area contributed by atoms with Crippen LogP contribution in [0.2, 0.25) is 5.02 Å². The van der Waals surface area contributed by atoms with Gasteiger partial charge in [0.15, 0.2) is 0 Å². The third-order valence-electron chi connectivity index (χ3n) is 2.53. The monoisotopic (exact) mass is 313 g/mol. The minimum Gasteiger partial charge on any atom is -0.337 e. The second-order valence-electron chi connectivity index (χ2n) is 3.79. The Balaban J connectivity index is 1.94. The molecule has 0 fully saturated rings. The van der Waals surface area contributed by atoms with Gasteiger partial charge >= 0.3 is 0 Å². The molecule has 1 aromatic heterocycles. The van der Waals surface area contributed by atoms with Gasteiger partial charge in [-0.1, -0.05) is 27.5 Å². The van der Waals surface area contributed by atoms with Crippen LogP contribution in [0.3, 0.4) is 0 Å². The van der Waals surface area contributed by atoms with Crippen molar-refractivity contribution in [3.8, 4) is 0 Å². The van der Waals surface area contributed by atoms with Gasteiger partial charge in [-0.05, 0) is 23.8 Å². The summed E-state index contributed by atoms with van der Waals surface area (Å²) in [4.78, 5) is 4.25. The van der Waals surface area contributed by atoms with Crippen molar-refractivity contribution in [2.45, 2.75) is 13.1 Å². The molecular weight excluding hydrogens is 302 g/mol. The number of imidazole rings is 1. The molecular formula is C12H13BrClN3. The Hall–Kier alpha value is -0.840. The molecule has 2 aromatic rings. The van der Waals surface area contributed by atoms with Crippen molar-refractivity contribution in [2.75, 3.05) is 0 Å². The highest BCUT2D eigenvalue weighted by Gasteiger charge is 2.02. The van der Waals surface area contributed by atoms with Crippen LogP contribution in [0.15, 0.2) is 35.1 Å². The van der Waals surface area contributed by atoms with Gasteiger partial charge in [0.1, 0.15) is 5.82 Å². The van der Waals surface area contributed by atoms with Crippen LogP contribution in [-0.4, -0.2) is 9.55 Å². The fraction of sp³-hybridized carbons (Fsp3) is 0.250. The van der Waals surface area contributed by atoms with Crippen LogP contribution in [0.4, 0.5) is 0 Å². The maximum Gasteiger partial charge on any atom is 0.122 e. The van der Waals surface area contributed by atoms with E-state index in [1.807, 2.05) is 36.0 Å². The zero-order valence-corrected chi connectivity index (χ0v) is 11.8. The average molecular weight is 315 g/mol. The average Bonchev–Trinajstić information content (AvgIpc) is 2.70. The summed E-state index contributed by atoms with van der Waals surface area (Å²) in [7, 11) is 1.99. The van der Waals surface area contributed by atoms with Crippen molar-refractivity contribution in [1.29, 1.82) is 0 Å². The first-order valence-electron chi connectivity index (χ1n) is 5.27. The smallest absolute Gasteiger partial charge is 0.122 e. The number of hydrogen-bond donors (Lipinski definition) is 1. The summed E-state index contributed by atoms with van der Waals surface area (Å²) < 4.78 is 3.06. The van der Waals surface area contributed by atoms with E-state index < -0.39 is 0 Å². The quantitative estimate of drug-likeness (QED) is 0.939. The fourth-order valence-electron chi connectivity index (χ4n) is 1.55. The number of nitrogens with zero attached hydrogens (tertiary/aromatic N) is 2. The molecule has 1 aromatic carbocycles. The summed E-state index contributed by atoms with van der Waals surface area (Å²) >= 11 is 9.46. The minimum absolute atomic E-state index is 0.739. The Morgan fingerprint density at radius 3 is 2.94 bits per heavy atom. The maximum atomic E-state index is 5.96. The lowest BCUT2D eigenvalue weighted by Crippen LogP contribution is -2.15. The molecule has 0 aliphatic heterocycles. The van der Waals surface area contributed by atoms with Crippen molar-refractivity contribution in [1.82, 2.24) is 14.9 Å². The molecule has 5 heteroatoms. The van der Waals surface area contributed by atoms with E-state index in [0.29, 0.717) is 0 Å². The predicted octanol–water partition coefficient (Wildman–Crippen LogP) is 3.13. The maximum absolute atomic E-state index is 5.96. The number of hydrogen-bond acceptors (Lipinski definition) is 2. The van der Waals surface area contributed by atoms with Crippen LogP contribution in [-0.2, 0) is 20.1 Å². The number of rotatable bonds is 4. The summed E-state index contributed by atoms with van der Waals surface area (Å²) in [5, 5.41) is 4.09. The van der Waals surface area contributed by atoms with E-state index in [1.54, 1.807) is 6.20 Å². The first kappa shape index (κ1) is 12.6. The Morgan fingerprint density at radius 2 is 2.24 bits per heavy atom. The van der Waals surface area contributed by atoms with Crippen LogP contribution >= 0.6 is 27.5 Å². The van der Waals surface area contributed by atoms with E-state index in [-0.39, 0.29) is 0 Å². The molecule has 0 atom stereocenters. The zero-order valence-electron chi connectivity index (χ0n) is 9.45. The first-order valence-corrected chi connectivity index (χ1v) is 6.45. The SMILES string of the molecule is Cn1ccnc1CNCc1cc(Cl)ccc1Br. The molecule has 0 spiro atoms. The summed E-state index contributed by atoms with van der Waals surface area (Å²) in [6, 6.07) is 5.78. The molecule has 17 heavy (non-hydrogen) atoms. The van der Waals surface area contributed by atoms with Gasteiger partial charge in [0.2, 0.25) is 0 Å². The van der Waals surface area contributed by atoms with E-state index in [0.717, 1.165) is 34.0 Å². The van der Waals surface area contributed by atoms with Crippen LogP contribution < -0.4 is 5.32 Å². The molecule has 0 aliphatic carbocycles. The molecule has 0 unspecified atom stereocenters. The normalized spacial score (nSPS) is 10.8. The van der Waals surface area contributed by atoms with Gasteiger partial charge in [-0.25, -0.2) is 4.98 Å². The molecule has 1 N–H and O–H groups in total. The van der Waals surface area contributed by atoms with Gasteiger partial charge in [-0.15, -0.1) is 0 Å². The van der Waals surface area contributed by atoms with Crippen molar-refractivity contribution in [2.24, 2.45) is 7.05 Å². The van der Waals surface area contributed by atoms with E-state index >= 15 is 0 Å². The standard InChI is InChI=1S/C12H13BrClN3/c1-17-5-4-16-12(17)8-15-7-9-6-10(14)2-3-11(9)13/h2-6,15H,7-8H2,1H3. The topological polar surface area (TPSA) is 29.9 Å². The minimum atomic E-state index is 0.739. The second kappa shape index (κ2) is 5.67. The molecule has 1 heterocycles. The molecule has 0 radical (unpaired) electrons. The molecule has 0 aliphatic rings. The number of aromatic nitrogens is 2. The summed E-state index contributed by atoms with van der Waals surface area (Å²) in [6.07, 6.45) is 3.73. The van der Waals surface area contributed by atoms with E-state index in [1.165, 1.54) is 0 Å². The molecule has 90 valence electrons. The lowest BCUT2D eigenvalue weighted by Gasteiger charge is -2.07. The second-order valence-corrected chi connectivity index (χ2v) is 5.08. The van der Waals surface area contributed by atoms with Crippen molar-refractivity contribution < 1.29 is 0 Å². The van der Waals surface area contributed by atoms with Crippen LogP contribution in [0.25, 0.3) is 0 Å². The highest BCUT2D eigenvalue weighted by atomic mass is 79.9. The number of nitrogens with one attached hydrogen (secondary N) is 1. The van der Waals surface area contributed by atoms with Gasteiger partial charge in [0.25, 0.3) is 0 Å². The molecule has 2 rings (SSSR count). The van der Waals surface area contributed by atoms with E-state index in [2.05, 4.69) is 26.2 Å². The largest absolute Gasteiger partial charge is 0.337 e. The van der Waals surface area contributed by atoms with Crippen molar-refractivity contribution >= 4 is 27.5 Å². The Morgan fingerprint density at radius 1 is 1.41 bits per heavy atom. The zero-order chi connectivity index (χ0) is 12.3. The van der Waals surface area contributed by atoms with E-state index in [4.69, 9.17) is 11.6 Å². The van der Waals surface area contributed by atoms with Crippen molar-refractivity contribution in [3.05, 3.63) is 51.5 Å². The van der Waals surface area contributed by atoms with E-state index in [9.17, 15) is 0 Å². The Kier molecular flexibility index (Phi) is 4.20. The number of halogens is 2. The molecule has 0 amide bonds. The highest BCUT2D eigenvalue weighted by Crippen LogP contribution is 2.20. The summed E-state index contributed by atoms with van der Waals surface area (Å²) in [5.74, 6) is 1.02. The summed E-state index contributed by atoms with van der Waals surface area (Å²) in [5.41, 5.74) is 1.15. The molecule has 0 saturated carbocycles.